The molecule has 0 unspecified atom stereocenters. The summed E-state index contributed by atoms with van der Waals surface area (Å²) in [5.74, 6) is -0.209. The molecule has 5 nitrogen and oxygen atoms in total. The van der Waals surface area contributed by atoms with Crippen LogP contribution in [0.15, 0.2) is 48.7 Å². The van der Waals surface area contributed by atoms with Crippen LogP contribution < -0.4 is 5.32 Å². The second-order valence-electron chi connectivity index (χ2n) is 7.59. The van der Waals surface area contributed by atoms with Gasteiger partial charge in [0.15, 0.2) is 0 Å². The first-order valence-corrected chi connectivity index (χ1v) is 9.98. The molecule has 1 saturated heterocycles. The molecule has 2 aromatic rings. The average molecular weight is 375 g/mol. The predicted octanol–water partition coefficient (Wildman–Crippen LogP) is 3.98. The summed E-state index contributed by atoms with van der Waals surface area (Å²) in [5, 5.41) is 2.99. The van der Waals surface area contributed by atoms with E-state index >= 15 is 0 Å². The first-order valence-electron chi connectivity index (χ1n) is 9.98. The molecule has 1 aliphatic carbocycles. The normalized spacial score (nSPS) is 20.2. The SMILES string of the molecule is O=C(Nc1cccc(/C=C/c2ccccn2)c1)[C@H]1CC(=O)N(C2CCCC2)C1. The molecule has 0 bridgehead atoms. The summed E-state index contributed by atoms with van der Waals surface area (Å²) < 4.78 is 0. The molecule has 0 spiro atoms. The van der Waals surface area contributed by atoms with E-state index in [4.69, 9.17) is 0 Å². The Balaban J connectivity index is 1.38. The number of nitrogens with one attached hydrogen (secondary N) is 1. The molecule has 1 atom stereocenters. The number of nitrogens with zero attached hydrogens (tertiary/aromatic N) is 2. The fraction of sp³-hybridized carbons (Fsp3) is 0.348. The third-order valence-corrected chi connectivity index (χ3v) is 5.58. The first-order chi connectivity index (χ1) is 13.7. The van der Waals surface area contributed by atoms with Crippen LogP contribution in [-0.4, -0.2) is 34.3 Å². The summed E-state index contributed by atoms with van der Waals surface area (Å²) in [6, 6.07) is 13.8. The zero-order valence-corrected chi connectivity index (χ0v) is 15.9. The molecule has 1 aromatic heterocycles. The topological polar surface area (TPSA) is 62.3 Å². The molecule has 0 radical (unpaired) electrons. The van der Waals surface area contributed by atoms with Crippen molar-refractivity contribution in [1.29, 1.82) is 0 Å². The summed E-state index contributed by atoms with van der Waals surface area (Å²) >= 11 is 0. The first kappa shape index (κ1) is 18.4. The Bertz CT molecular complexity index is 872. The van der Waals surface area contributed by atoms with E-state index < -0.39 is 0 Å². The third kappa shape index (κ3) is 4.30. The number of anilines is 1. The summed E-state index contributed by atoms with van der Waals surface area (Å²) in [5.41, 5.74) is 2.62. The van der Waals surface area contributed by atoms with E-state index in [1.165, 1.54) is 12.8 Å². The van der Waals surface area contributed by atoms with E-state index in [2.05, 4.69) is 10.3 Å². The van der Waals surface area contributed by atoms with Crippen LogP contribution in [0.1, 0.15) is 43.4 Å². The number of likely N-dealkylation sites (tertiary alicyclic amines) is 1. The molecule has 1 aromatic carbocycles. The molecule has 2 aliphatic rings. The molecular formula is C23H25N3O2. The van der Waals surface area contributed by atoms with Gasteiger partial charge >= 0.3 is 0 Å². The van der Waals surface area contributed by atoms with Crippen molar-refractivity contribution < 1.29 is 9.59 Å². The van der Waals surface area contributed by atoms with Crippen molar-refractivity contribution in [3.8, 4) is 0 Å². The van der Waals surface area contributed by atoms with Gasteiger partial charge in [-0.25, -0.2) is 0 Å². The zero-order valence-electron chi connectivity index (χ0n) is 15.9. The highest BCUT2D eigenvalue weighted by Crippen LogP contribution is 2.30. The van der Waals surface area contributed by atoms with Crippen molar-refractivity contribution in [3.05, 3.63) is 59.9 Å². The standard InChI is InChI=1S/C23H25N3O2/c27-22-15-18(16-26(22)21-9-1-2-10-21)23(28)25-20-8-5-6-17(14-20)11-12-19-7-3-4-13-24-19/h3-8,11-14,18,21H,1-2,9-10,15-16H2,(H,25,28)/b12-11+/t18-/m0/s1. The number of pyridine rings is 1. The summed E-state index contributed by atoms with van der Waals surface area (Å²) in [6.07, 6.45) is 10.5. The minimum atomic E-state index is -0.263. The van der Waals surface area contributed by atoms with Crippen molar-refractivity contribution in [3.63, 3.8) is 0 Å². The lowest BCUT2D eigenvalue weighted by molar-refractivity contribution is -0.129. The highest BCUT2D eigenvalue weighted by molar-refractivity contribution is 5.97. The fourth-order valence-corrected chi connectivity index (χ4v) is 4.10. The number of carbonyl (C=O) groups excluding carboxylic acids is 2. The van der Waals surface area contributed by atoms with Gasteiger partial charge in [-0.2, -0.15) is 0 Å². The number of benzene rings is 1. The van der Waals surface area contributed by atoms with E-state index in [0.29, 0.717) is 19.0 Å². The van der Waals surface area contributed by atoms with Gasteiger partial charge in [-0.05, 0) is 48.7 Å². The van der Waals surface area contributed by atoms with E-state index in [-0.39, 0.29) is 17.7 Å². The van der Waals surface area contributed by atoms with E-state index in [1.807, 2.05) is 59.5 Å². The predicted molar refractivity (Wildman–Crippen MR) is 110 cm³/mol. The Hall–Kier alpha value is -2.95. The smallest absolute Gasteiger partial charge is 0.229 e. The maximum Gasteiger partial charge on any atom is 0.229 e. The van der Waals surface area contributed by atoms with Gasteiger partial charge in [0.2, 0.25) is 11.8 Å². The Labute approximate surface area is 165 Å². The molecule has 1 aliphatic heterocycles. The van der Waals surface area contributed by atoms with Gasteiger partial charge in [-0.1, -0.05) is 37.1 Å². The van der Waals surface area contributed by atoms with Crippen LogP contribution in [0, 0.1) is 5.92 Å². The van der Waals surface area contributed by atoms with Crippen LogP contribution in [0.25, 0.3) is 12.2 Å². The molecule has 4 rings (SSSR count). The van der Waals surface area contributed by atoms with Gasteiger partial charge in [0.25, 0.3) is 0 Å². The molecule has 2 amide bonds. The summed E-state index contributed by atoms with van der Waals surface area (Å²) in [7, 11) is 0. The summed E-state index contributed by atoms with van der Waals surface area (Å²) in [4.78, 5) is 31.2. The highest BCUT2D eigenvalue weighted by atomic mass is 16.2. The molecule has 5 heteroatoms. The van der Waals surface area contributed by atoms with E-state index in [0.717, 1.165) is 29.8 Å². The van der Waals surface area contributed by atoms with E-state index in [1.54, 1.807) is 6.20 Å². The number of carbonyl (C=O) groups is 2. The largest absolute Gasteiger partial charge is 0.339 e. The van der Waals surface area contributed by atoms with Gasteiger partial charge in [0.1, 0.15) is 0 Å². The van der Waals surface area contributed by atoms with Crippen molar-refractivity contribution in [1.82, 2.24) is 9.88 Å². The van der Waals surface area contributed by atoms with Crippen LogP contribution in [0.3, 0.4) is 0 Å². The van der Waals surface area contributed by atoms with Gasteiger partial charge in [-0.3, -0.25) is 14.6 Å². The monoisotopic (exact) mass is 375 g/mol. The van der Waals surface area contributed by atoms with E-state index in [9.17, 15) is 9.59 Å². The molecule has 2 fully saturated rings. The molecule has 1 N–H and O–H groups in total. The second-order valence-corrected chi connectivity index (χ2v) is 7.59. The lowest BCUT2D eigenvalue weighted by atomic mass is 10.1. The fourth-order valence-electron chi connectivity index (χ4n) is 4.10. The van der Waals surface area contributed by atoms with Crippen LogP contribution in [0.4, 0.5) is 5.69 Å². The third-order valence-electron chi connectivity index (χ3n) is 5.58. The Morgan fingerprint density at radius 3 is 2.75 bits per heavy atom. The van der Waals surface area contributed by atoms with Crippen LogP contribution in [-0.2, 0) is 9.59 Å². The molecule has 28 heavy (non-hydrogen) atoms. The maximum absolute atomic E-state index is 12.7. The molecule has 2 heterocycles. The number of hydrogen-bond acceptors (Lipinski definition) is 3. The minimum Gasteiger partial charge on any atom is -0.339 e. The highest BCUT2D eigenvalue weighted by Gasteiger charge is 2.38. The number of aromatic nitrogens is 1. The molecular weight excluding hydrogens is 350 g/mol. The lowest BCUT2D eigenvalue weighted by Gasteiger charge is -2.23. The van der Waals surface area contributed by atoms with Crippen molar-refractivity contribution >= 4 is 29.7 Å². The maximum atomic E-state index is 12.7. The molecule has 1 saturated carbocycles. The lowest BCUT2D eigenvalue weighted by Crippen LogP contribution is -2.35. The van der Waals surface area contributed by atoms with Crippen LogP contribution in [0.2, 0.25) is 0 Å². The van der Waals surface area contributed by atoms with Gasteiger partial charge in [-0.15, -0.1) is 0 Å². The number of amides is 2. The minimum absolute atomic E-state index is 0.0697. The Morgan fingerprint density at radius 2 is 1.96 bits per heavy atom. The molecule has 144 valence electrons. The quantitative estimate of drug-likeness (QED) is 0.860. The van der Waals surface area contributed by atoms with Gasteiger partial charge in [0.05, 0.1) is 11.6 Å². The Kier molecular flexibility index (Phi) is 5.51. The zero-order chi connectivity index (χ0) is 19.3. The second kappa shape index (κ2) is 8.38. The number of rotatable bonds is 5. The van der Waals surface area contributed by atoms with Crippen molar-refractivity contribution in [2.45, 2.75) is 38.1 Å². The van der Waals surface area contributed by atoms with Crippen molar-refractivity contribution in [2.75, 3.05) is 11.9 Å². The average Bonchev–Trinajstić information content (AvgIpc) is 3.37. The summed E-state index contributed by atoms with van der Waals surface area (Å²) in [6.45, 7) is 0.550. The van der Waals surface area contributed by atoms with Crippen molar-refractivity contribution in [2.24, 2.45) is 5.92 Å². The van der Waals surface area contributed by atoms with Crippen LogP contribution in [0.5, 0.6) is 0 Å². The van der Waals surface area contributed by atoms with Crippen LogP contribution >= 0.6 is 0 Å². The van der Waals surface area contributed by atoms with Gasteiger partial charge in [0, 0.05) is 30.9 Å². The van der Waals surface area contributed by atoms with Gasteiger partial charge < -0.3 is 10.2 Å². The number of hydrogen-bond donors (Lipinski definition) is 1. The Morgan fingerprint density at radius 1 is 1.11 bits per heavy atom.